The number of hydrogen-bond acceptors (Lipinski definition) is 5. The van der Waals surface area contributed by atoms with Crippen molar-refractivity contribution in [3.63, 3.8) is 0 Å². The molecule has 2 heterocycles. The molecule has 0 aliphatic rings. The molecule has 0 saturated carbocycles. The summed E-state index contributed by atoms with van der Waals surface area (Å²) in [6.45, 7) is 3.16. The third-order valence-electron chi connectivity index (χ3n) is 6.35. The number of furan rings is 1. The molecule has 0 amide bonds. The van der Waals surface area contributed by atoms with Crippen molar-refractivity contribution in [3.05, 3.63) is 72.4 Å². The summed E-state index contributed by atoms with van der Waals surface area (Å²) in [6.07, 6.45) is -4.72. The fourth-order valence-corrected chi connectivity index (χ4v) is 5.78. The zero-order chi connectivity index (χ0) is 28.1. The van der Waals surface area contributed by atoms with Crippen LogP contribution in [0.3, 0.4) is 0 Å². The minimum absolute atomic E-state index is 0.123. The molecule has 1 atom stereocenters. The number of carboxylic acids is 1. The Hall–Kier alpha value is -4.16. The fourth-order valence-electron chi connectivity index (χ4n) is 4.43. The number of H-pyrrole nitrogens is 1. The van der Waals surface area contributed by atoms with E-state index in [0.29, 0.717) is 21.9 Å². The number of rotatable bonds is 7. The predicted molar refractivity (Wildman–Crippen MR) is 138 cm³/mol. The summed E-state index contributed by atoms with van der Waals surface area (Å²) in [5.41, 5.74) is 0.287. The van der Waals surface area contributed by atoms with Crippen molar-refractivity contribution in [3.8, 4) is 22.4 Å². The first-order valence-corrected chi connectivity index (χ1v) is 13.3. The van der Waals surface area contributed by atoms with Gasteiger partial charge in [0.1, 0.15) is 17.2 Å². The van der Waals surface area contributed by atoms with Gasteiger partial charge in [0.25, 0.3) is 0 Å². The van der Waals surface area contributed by atoms with Crippen molar-refractivity contribution in [1.29, 1.82) is 0 Å². The lowest BCUT2D eigenvalue weighted by molar-refractivity contribution is -0.141. The maximum absolute atomic E-state index is 13.9. The van der Waals surface area contributed by atoms with E-state index in [1.54, 1.807) is 50.2 Å². The molecule has 5 rings (SSSR count). The third kappa shape index (κ3) is 4.88. The van der Waals surface area contributed by atoms with Gasteiger partial charge in [-0.2, -0.15) is 23.0 Å². The van der Waals surface area contributed by atoms with Crippen molar-refractivity contribution in [1.82, 2.24) is 14.9 Å². The topological polar surface area (TPSA) is 125 Å². The van der Waals surface area contributed by atoms with E-state index in [9.17, 15) is 31.5 Å². The highest BCUT2D eigenvalue weighted by Gasteiger charge is 2.39. The van der Waals surface area contributed by atoms with Crippen LogP contribution in [0.1, 0.15) is 19.5 Å². The number of nitrogens with zero attached hydrogens (tertiary/aromatic N) is 1. The average molecular weight is 558 g/mol. The second-order valence-electron chi connectivity index (χ2n) is 9.34. The van der Waals surface area contributed by atoms with E-state index in [1.165, 1.54) is 30.3 Å². The summed E-state index contributed by atoms with van der Waals surface area (Å²) in [6, 6.07) is 15.7. The smallest absolute Gasteiger partial charge is 0.435 e. The minimum Gasteiger partial charge on any atom is -0.480 e. The van der Waals surface area contributed by atoms with Crippen LogP contribution in [0, 0.1) is 5.92 Å². The predicted octanol–water partition coefficient (Wildman–Crippen LogP) is 6.05. The number of carboxylic acid groups (broad SMARTS) is 1. The largest absolute Gasteiger partial charge is 0.480 e. The molecule has 8 nitrogen and oxygen atoms in total. The summed E-state index contributed by atoms with van der Waals surface area (Å²) >= 11 is 0. The number of nitrogens with one attached hydrogen (secondary N) is 2. The Labute approximate surface area is 220 Å². The van der Waals surface area contributed by atoms with Crippen LogP contribution in [-0.4, -0.2) is 35.7 Å². The number of aromatic nitrogens is 2. The maximum atomic E-state index is 13.9. The van der Waals surface area contributed by atoms with E-state index < -0.39 is 39.8 Å². The highest BCUT2D eigenvalue weighted by Crippen LogP contribution is 2.43. The molecule has 202 valence electrons. The Bertz CT molecular complexity index is 1810. The first-order valence-electron chi connectivity index (χ1n) is 11.8. The Morgan fingerprint density at radius 1 is 0.974 bits per heavy atom. The van der Waals surface area contributed by atoms with Crippen LogP contribution in [0.4, 0.5) is 13.2 Å². The van der Waals surface area contributed by atoms with Crippen molar-refractivity contribution >= 4 is 37.9 Å². The monoisotopic (exact) mass is 557 g/mol. The van der Waals surface area contributed by atoms with E-state index in [1.807, 2.05) is 0 Å². The van der Waals surface area contributed by atoms with Crippen LogP contribution in [-0.2, 0) is 21.0 Å². The maximum Gasteiger partial charge on any atom is 0.435 e. The number of carbonyl (C=O) groups is 1. The van der Waals surface area contributed by atoms with Crippen molar-refractivity contribution in [2.45, 2.75) is 31.0 Å². The van der Waals surface area contributed by atoms with Gasteiger partial charge in [-0.25, -0.2) is 8.42 Å². The van der Waals surface area contributed by atoms with Gasteiger partial charge in [-0.3, -0.25) is 9.89 Å². The molecule has 0 radical (unpaired) electrons. The summed E-state index contributed by atoms with van der Waals surface area (Å²) in [4.78, 5) is 11.3. The van der Waals surface area contributed by atoms with E-state index in [0.717, 1.165) is 0 Å². The number of aliphatic carboxylic acids is 1. The highest BCUT2D eigenvalue weighted by molar-refractivity contribution is 7.89. The lowest BCUT2D eigenvalue weighted by Crippen LogP contribution is -2.44. The van der Waals surface area contributed by atoms with E-state index in [-0.39, 0.29) is 27.3 Å². The van der Waals surface area contributed by atoms with E-state index in [4.69, 9.17) is 4.42 Å². The lowest BCUT2D eigenvalue weighted by atomic mass is 9.97. The number of aromatic amines is 1. The highest BCUT2D eigenvalue weighted by atomic mass is 32.2. The molecular formula is C27H22F3N3O5S. The molecule has 0 unspecified atom stereocenters. The second-order valence-corrected chi connectivity index (χ2v) is 11.1. The quantitative estimate of drug-likeness (QED) is 0.224. The van der Waals surface area contributed by atoms with Crippen LogP contribution in [0.25, 0.3) is 44.3 Å². The van der Waals surface area contributed by atoms with Gasteiger partial charge in [0.05, 0.1) is 10.6 Å². The number of halogens is 3. The zero-order valence-electron chi connectivity index (χ0n) is 20.6. The van der Waals surface area contributed by atoms with Crippen LogP contribution in [0.15, 0.2) is 76.0 Å². The van der Waals surface area contributed by atoms with Gasteiger partial charge in [-0.05, 0) is 35.7 Å². The molecule has 39 heavy (non-hydrogen) atoms. The number of benzene rings is 3. The Morgan fingerprint density at radius 2 is 1.69 bits per heavy atom. The average Bonchev–Trinajstić information content (AvgIpc) is 3.49. The van der Waals surface area contributed by atoms with Gasteiger partial charge < -0.3 is 9.52 Å². The molecule has 0 saturated heterocycles. The molecule has 5 aromatic rings. The number of hydrogen-bond donors (Lipinski definition) is 3. The summed E-state index contributed by atoms with van der Waals surface area (Å²) in [5.74, 6) is -1.81. The minimum atomic E-state index is -4.72. The molecule has 0 fully saturated rings. The molecule has 0 aliphatic carbocycles. The SMILES string of the molecule is CC(C)[C@H](NS(=O)(=O)c1ccc2c(c1)oc1ccc(-c3c(C(F)(F)F)n[nH]c3-c3ccccc3)cc12)C(=O)O. The zero-order valence-corrected chi connectivity index (χ0v) is 21.4. The van der Waals surface area contributed by atoms with E-state index in [2.05, 4.69) is 14.9 Å². The first kappa shape index (κ1) is 26.4. The molecule has 12 heteroatoms. The van der Waals surface area contributed by atoms with Gasteiger partial charge in [-0.1, -0.05) is 50.2 Å². The lowest BCUT2D eigenvalue weighted by Gasteiger charge is -2.17. The third-order valence-corrected chi connectivity index (χ3v) is 7.79. The molecular weight excluding hydrogens is 535 g/mol. The second kappa shape index (κ2) is 9.54. The molecule has 0 spiro atoms. The molecule has 2 aromatic heterocycles. The van der Waals surface area contributed by atoms with E-state index >= 15 is 0 Å². The first-order chi connectivity index (χ1) is 18.4. The molecule has 0 bridgehead atoms. The van der Waals surface area contributed by atoms with Gasteiger partial charge in [0.2, 0.25) is 10.0 Å². The molecule has 0 aliphatic heterocycles. The van der Waals surface area contributed by atoms with Gasteiger partial charge >= 0.3 is 12.1 Å². The van der Waals surface area contributed by atoms with Crippen molar-refractivity contribution in [2.75, 3.05) is 0 Å². The van der Waals surface area contributed by atoms with Crippen molar-refractivity contribution < 1.29 is 35.9 Å². The van der Waals surface area contributed by atoms with Gasteiger partial charge in [-0.15, -0.1) is 0 Å². The Morgan fingerprint density at radius 3 is 2.33 bits per heavy atom. The van der Waals surface area contributed by atoms with Gasteiger partial charge in [0.15, 0.2) is 5.69 Å². The Balaban J connectivity index is 1.62. The standard InChI is InChI=1S/C27H22F3N3O5S/c1-14(2)23(26(34)35)33-39(36,37)17-9-10-18-19-12-16(8-11-20(19)38-21(18)13-17)22-24(15-6-4-3-5-7-15)31-32-25(22)27(28,29)30/h3-14,23,33H,1-2H3,(H,31,32)(H,34,35)/t23-/m0/s1. The van der Waals surface area contributed by atoms with Gasteiger partial charge in [0, 0.05) is 28.0 Å². The summed E-state index contributed by atoms with van der Waals surface area (Å²) < 4.78 is 75.5. The van der Waals surface area contributed by atoms with Crippen LogP contribution in [0.2, 0.25) is 0 Å². The van der Waals surface area contributed by atoms with Crippen LogP contribution < -0.4 is 4.72 Å². The normalized spacial score (nSPS) is 13.4. The summed E-state index contributed by atoms with van der Waals surface area (Å²) in [7, 11) is -4.21. The fraction of sp³-hybridized carbons (Fsp3) is 0.185. The summed E-state index contributed by atoms with van der Waals surface area (Å²) in [5, 5.41) is 16.4. The Kier molecular flexibility index (Phi) is 6.47. The number of sulfonamides is 1. The molecule has 3 N–H and O–H groups in total. The van der Waals surface area contributed by atoms with Crippen LogP contribution >= 0.6 is 0 Å². The van der Waals surface area contributed by atoms with Crippen LogP contribution in [0.5, 0.6) is 0 Å². The number of fused-ring (bicyclic) bond motifs is 3. The van der Waals surface area contributed by atoms with Crippen molar-refractivity contribution in [2.24, 2.45) is 5.92 Å². The molecule has 3 aromatic carbocycles. The number of alkyl halides is 3.